The lowest BCUT2D eigenvalue weighted by Gasteiger charge is -2.32. The van der Waals surface area contributed by atoms with Crippen LogP contribution in [0.2, 0.25) is 0 Å². The van der Waals surface area contributed by atoms with Crippen LogP contribution in [-0.4, -0.2) is 43.6 Å². The van der Waals surface area contributed by atoms with Crippen molar-refractivity contribution < 1.29 is 13.9 Å². The van der Waals surface area contributed by atoms with Crippen LogP contribution >= 0.6 is 0 Å². The van der Waals surface area contributed by atoms with E-state index in [9.17, 15) is 4.79 Å². The Morgan fingerprint density at radius 3 is 2.97 bits per heavy atom. The molecule has 1 aromatic carbocycles. The fourth-order valence-electron chi connectivity index (χ4n) is 4.49. The van der Waals surface area contributed by atoms with Crippen LogP contribution in [0, 0.1) is 5.82 Å². The van der Waals surface area contributed by atoms with Crippen molar-refractivity contribution in [2.45, 2.75) is 31.7 Å². The quantitative estimate of drug-likeness (QED) is 0.574. The van der Waals surface area contributed by atoms with Gasteiger partial charge in [0.1, 0.15) is 35.2 Å². The van der Waals surface area contributed by atoms with Gasteiger partial charge in [-0.05, 0) is 43.5 Å². The number of anilines is 1. The van der Waals surface area contributed by atoms with Gasteiger partial charge in [-0.15, -0.1) is 0 Å². The Hall–Kier alpha value is -4.01. The molecular formula is C25H25FN6O2. The Balaban J connectivity index is 1.53. The van der Waals surface area contributed by atoms with Crippen molar-refractivity contribution in [2.75, 3.05) is 18.8 Å². The summed E-state index contributed by atoms with van der Waals surface area (Å²) >= 11 is 0. The largest absolute Gasteiger partial charge is 0.462 e. The maximum absolute atomic E-state index is 15.3. The highest BCUT2D eigenvalue weighted by atomic mass is 19.1. The van der Waals surface area contributed by atoms with E-state index in [-0.39, 0.29) is 23.3 Å². The maximum atomic E-state index is 15.3. The second-order valence-electron chi connectivity index (χ2n) is 8.38. The van der Waals surface area contributed by atoms with E-state index in [1.807, 2.05) is 12.2 Å². The minimum atomic E-state index is -0.480. The smallest absolute Gasteiger partial charge is 0.246 e. The number of ether oxygens (including phenoxy) is 1. The van der Waals surface area contributed by atoms with Gasteiger partial charge in [-0.3, -0.25) is 4.79 Å². The van der Waals surface area contributed by atoms with Crippen molar-refractivity contribution in [1.82, 2.24) is 24.6 Å². The first-order chi connectivity index (χ1) is 16.5. The third kappa shape index (κ3) is 4.05. The molecule has 0 saturated carbocycles. The molecule has 1 amide bonds. The molecule has 9 heteroatoms. The van der Waals surface area contributed by atoms with Crippen molar-refractivity contribution in [1.29, 1.82) is 0 Å². The lowest BCUT2D eigenvalue weighted by atomic mass is 10.1. The molecule has 1 aliphatic carbocycles. The van der Waals surface area contributed by atoms with E-state index in [2.05, 4.69) is 22.6 Å². The van der Waals surface area contributed by atoms with Crippen LogP contribution in [0.25, 0.3) is 22.3 Å². The van der Waals surface area contributed by atoms with Gasteiger partial charge in [-0.25, -0.2) is 19.0 Å². The minimum Gasteiger partial charge on any atom is -0.462 e. The number of likely N-dealkylation sites (tertiary alicyclic amines) is 1. The zero-order valence-electron chi connectivity index (χ0n) is 18.7. The average Bonchev–Trinajstić information content (AvgIpc) is 3.25. The first-order valence-corrected chi connectivity index (χ1v) is 11.3. The number of rotatable bonds is 5. The summed E-state index contributed by atoms with van der Waals surface area (Å²) in [6.45, 7) is 4.70. The number of halogens is 1. The molecule has 1 aliphatic heterocycles. The molecule has 2 N–H and O–H groups in total. The van der Waals surface area contributed by atoms with E-state index in [0.29, 0.717) is 35.6 Å². The van der Waals surface area contributed by atoms with Crippen molar-refractivity contribution in [2.24, 2.45) is 0 Å². The highest BCUT2D eigenvalue weighted by Crippen LogP contribution is 2.36. The van der Waals surface area contributed by atoms with E-state index in [1.54, 1.807) is 21.7 Å². The van der Waals surface area contributed by atoms with Gasteiger partial charge in [0.05, 0.1) is 11.4 Å². The molecule has 1 fully saturated rings. The van der Waals surface area contributed by atoms with Gasteiger partial charge in [0.15, 0.2) is 5.65 Å². The summed E-state index contributed by atoms with van der Waals surface area (Å²) in [5, 5.41) is 5.23. The summed E-state index contributed by atoms with van der Waals surface area (Å²) in [6, 6.07) is 4.58. The molecule has 1 saturated heterocycles. The number of nitrogens with two attached hydrogens (primary N) is 1. The van der Waals surface area contributed by atoms with Crippen LogP contribution in [0.4, 0.5) is 10.2 Å². The van der Waals surface area contributed by atoms with Crippen molar-refractivity contribution in [3.05, 3.63) is 67.0 Å². The first kappa shape index (κ1) is 21.8. The van der Waals surface area contributed by atoms with E-state index in [0.717, 1.165) is 31.4 Å². The molecule has 0 bridgehead atoms. The molecule has 1 atom stereocenters. The maximum Gasteiger partial charge on any atom is 0.246 e. The number of fused-ring (bicyclic) bond motifs is 1. The minimum absolute atomic E-state index is 0.124. The molecule has 0 spiro atoms. The summed E-state index contributed by atoms with van der Waals surface area (Å²) < 4.78 is 22.9. The molecule has 0 radical (unpaired) electrons. The number of hydrogen-bond acceptors (Lipinski definition) is 6. The number of nitrogen functional groups attached to an aromatic ring is 1. The predicted molar refractivity (Wildman–Crippen MR) is 127 cm³/mol. The predicted octanol–water partition coefficient (Wildman–Crippen LogP) is 4.18. The fraction of sp³-hybridized carbons (Fsp3) is 0.280. The Bertz CT molecular complexity index is 1330. The van der Waals surface area contributed by atoms with E-state index in [4.69, 9.17) is 15.6 Å². The second-order valence-corrected chi connectivity index (χ2v) is 8.38. The summed E-state index contributed by atoms with van der Waals surface area (Å²) in [5.74, 6) is 0.826. The van der Waals surface area contributed by atoms with E-state index >= 15 is 4.39 Å². The monoisotopic (exact) mass is 460 g/mol. The van der Waals surface area contributed by atoms with Gasteiger partial charge in [0.25, 0.3) is 0 Å². The molecule has 1 unspecified atom stereocenters. The molecule has 2 aromatic heterocycles. The topological polar surface area (TPSA) is 99.2 Å². The van der Waals surface area contributed by atoms with Crippen molar-refractivity contribution >= 4 is 22.8 Å². The lowest BCUT2D eigenvalue weighted by Crippen LogP contribution is -2.40. The molecule has 174 valence electrons. The summed E-state index contributed by atoms with van der Waals surface area (Å²) in [5.41, 5.74) is 7.36. The lowest BCUT2D eigenvalue weighted by molar-refractivity contribution is -0.127. The van der Waals surface area contributed by atoms with Crippen LogP contribution in [-0.2, 0) is 4.79 Å². The first-order valence-electron chi connectivity index (χ1n) is 11.3. The van der Waals surface area contributed by atoms with Crippen LogP contribution in [0.3, 0.4) is 0 Å². The number of carbonyl (C=O) groups is 1. The Kier molecular flexibility index (Phi) is 5.83. The summed E-state index contributed by atoms with van der Waals surface area (Å²) in [4.78, 5) is 22.4. The number of aromatic nitrogens is 4. The number of nitrogens with zero attached hydrogens (tertiary/aromatic N) is 5. The average molecular weight is 461 g/mol. The van der Waals surface area contributed by atoms with Gasteiger partial charge in [0.2, 0.25) is 5.91 Å². The Morgan fingerprint density at radius 1 is 1.32 bits per heavy atom. The molecule has 5 rings (SSSR count). The SMILES string of the molecule is C=CC(=O)N1CCCC(n2nc(-c3ccc(OC4=CC=CCC4)cc3F)c3c(N)ncnc32)C1. The standard InChI is InChI=1S/C25H25FN6O2/c1-2-21(33)31-12-6-7-16(14-31)32-25-22(24(27)28-15-29-25)23(30-32)19-11-10-18(13-20(19)26)34-17-8-4-3-5-9-17/h2-4,8,10-11,13,15-16H,1,5-7,9,12,14H2,(H2,27,28,29). The van der Waals surface area contributed by atoms with Crippen LogP contribution in [0.5, 0.6) is 5.75 Å². The number of benzene rings is 1. The van der Waals surface area contributed by atoms with Crippen LogP contribution in [0.15, 0.2) is 61.2 Å². The number of amides is 1. The normalized spacial score (nSPS) is 18.1. The fourth-order valence-corrected chi connectivity index (χ4v) is 4.49. The summed E-state index contributed by atoms with van der Waals surface area (Å²) in [6.07, 6.45) is 11.8. The van der Waals surface area contributed by atoms with Gasteiger partial charge >= 0.3 is 0 Å². The number of carbonyl (C=O) groups excluding carboxylic acids is 1. The highest BCUT2D eigenvalue weighted by molar-refractivity contribution is 5.98. The zero-order valence-corrected chi connectivity index (χ0v) is 18.7. The third-order valence-corrected chi connectivity index (χ3v) is 6.17. The Morgan fingerprint density at radius 2 is 2.21 bits per heavy atom. The molecule has 2 aliphatic rings. The Labute approximate surface area is 196 Å². The van der Waals surface area contributed by atoms with Crippen molar-refractivity contribution in [3.63, 3.8) is 0 Å². The summed E-state index contributed by atoms with van der Waals surface area (Å²) in [7, 11) is 0. The molecule has 3 aromatic rings. The molecule has 8 nitrogen and oxygen atoms in total. The van der Waals surface area contributed by atoms with Crippen LogP contribution < -0.4 is 10.5 Å². The zero-order chi connectivity index (χ0) is 23.7. The molecule has 3 heterocycles. The van der Waals surface area contributed by atoms with Crippen molar-refractivity contribution in [3.8, 4) is 17.0 Å². The molecular weight excluding hydrogens is 435 g/mol. The molecule has 34 heavy (non-hydrogen) atoms. The van der Waals surface area contributed by atoms with Gasteiger partial charge in [-0.2, -0.15) is 5.10 Å². The van der Waals surface area contributed by atoms with Gasteiger partial charge in [-0.1, -0.05) is 18.7 Å². The number of piperidine rings is 1. The van der Waals surface area contributed by atoms with E-state index < -0.39 is 5.82 Å². The number of hydrogen-bond donors (Lipinski definition) is 1. The van der Waals surface area contributed by atoms with E-state index in [1.165, 1.54) is 18.5 Å². The third-order valence-electron chi connectivity index (χ3n) is 6.17. The van der Waals surface area contributed by atoms with Gasteiger partial charge in [0, 0.05) is 31.1 Å². The number of allylic oxidation sites excluding steroid dienone is 4. The second kappa shape index (κ2) is 9.09. The van der Waals surface area contributed by atoms with Crippen LogP contribution in [0.1, 0.15) is 31.7 Å². The highest BCUT2D eigenvalue weighted by Gasteiger charge is 2.28. The van der Waals surface area contributed by atoms with Gasteiger partial charge < -0.3 is 15.4 Å².